The summed E-state index contributed by atoms with van der Waals surface area (Å²) in [7, 11) is 0. The number of hydrogen-bond acceptors (Lipinski definition) is 2. The molecule has 2 aromatic rings. The van der Waals surface area contributed by atoms with E-state index in [1.807, 2.05) is 0 Å². The van der Waals surface area contributed by atoms with Crippen molar-refractivity contribution in [3.8, 4) is 0 Å². The first-order chi connectivity index (χ1) is 9.38. The van der Waals surface area contributed by atoms with Crippen LogP contribution in [-0.4, -0.2) is 5.91 Å². The molecule has 0 saturated heterocycles. The zero-order valence-corrected chi connectivity index (χ0v) is 11.3. The van der Waals surface area contributed by atoms with Gasteiger partial charge in [0.15, 0.2) is 5.82 Å². The molecule has 0 bridgehead atoms. The molecule has 104 valence electrons. The number of rotatable bonds is 2. The van der Waals surface area contributed by atoms with Crippen molar-refractivity contribution in [2.75, 3.05) is 11.1 Å². The number of anilines is 2. The highest BCUT2D eigenvalue weighted by Crippen LogP contribution is 2.25. The maximum Gasteiger partial charge on any atom is 0.255 e. The summed E-state index contributed by atoms with van der Waals surface area (Å²) in [6.45, 7) is 1.79. The predicted molar refractivity (Wildman–Crippen MR) is 74.9 cm³/mol. The Kier molecular flexibility index (Phi) is 3.90. The number of halogens is 3. The summed E-state index contributed by atoms with van der Waals surface area (Å²) in [6, 6.07) is 6.26. The van der Waals surface area contributed by atoms with E-state index in [-0.39, 0.29) is 16.9 Å². The lowest BCUT2D eigenvalue weighted by Crippen LogP contribution is -2.14. The second kappa shape index (κ2) is 5.46. The van der Waals surface area contributed by atoms with Crippen LogP contribution >= 0.6 is 11.6 Å². The quantitative estimate of drug-likeness (QED) is 0.829. The standard InChI is InChI=1S/C14H11ClF2N2O/c1-7-2-3-8(4-10(7)15)14(20)19-13-11(17)5-9(16)6-12(13)18/h2-6H,18H2,1H3,(H,19,20). The van der Waals surface area contributed by atoms with E-state index in [0.717, 1.165) is 11.6 Å². The van der Waals surface area contributed by atoms with Gasteiger partial charge in [-0.05, 0) is 30.7 Å². The van der Waals surface area contributed by atoms with Crippen molar-refractivity contribution in [1.82, 2.24) is 0 Å². The van der Waals surface area contributed by atoms with E-state index in [2.05, 4.69) is 5.32 Å². The van der Waals surface area contributed by atoms with Crippen LogP contribution in [0, 0.1) is 18.6 Å². The van der Waals surface area contributed by atoms with Crippen molar-refractivity contribution in [3.63, 3.8) is 0 Å². The number of carbonyl (C=O) groups excluding carboxylic acids is 1. The summed E-state index contributed by atoms with van der Waals surface area (Å²) in [5.41, 5.74) is 6.11. The van der Waals surface area contributed by atoms with Gasteiger partial charge in [0.05, 0.1) is 5.69 Å². The Morgan fingerprint density at radius 2 is 1.95 bits per heavy atom. The van der Waals surface area contributed by atoms with Crippen LogP contribution in [0.1, 0.15) is 15.9 Å². The second-order valence-corrected chi connectivity index (χ2v) is 4.68. The molecule has 0 spiro atoms. The van der Waals surface area contributed by atoms with Crippen LogP contribution in [0.3, 0.4) is 0 Å². The van der Waals surface area contributed by atoms with Crippen LogP contribution in [-0.2, 0) is 0 Å². The zero-order chi connectivity index (χ0) is 14.9. The molecular weight excluding hydrogens is 286 g/mol. The largest absolute Gasteiger partial charge is 0.397 e. The molecular formula is C14H11ClF2N2O. The van der Waals surface area contributed by atoms with Crippen molar-refractivity contribution in [1.29, 1.82) is 0 Å². The van der Waals surface area contributed by atoms with Gasteiger partial charge in [0, 0.05) is 16.7 Å². The second-order valence-electron chi connectivity index (χ2n) is 4.27. The molecule has 0 heterocycles. The fraction of sp³-hybridized carbons (Fsp3) is 0.0714. The minimum Gasteiger partial charge on any atom is -0.397 e. The van der Waals surface area contributed by atoms with Crippen LogP contribution in [0.5, 0.6) is 0 Å². The van der Waals surface area contributed by atoms with E-state index in [0.29, 0.717) is 11.1 Å². The molecule has 2 aromatic carbocycles. The molecule has 20 heavy (non-hydrogen) atoms. The number of aryl methyl sites for hydroxylation is 1. The Hall–Kier alpha value is -2.14. The zero-order valence-electron chi connectivity index (χ0n) is 10.5. The smallest absolute Gasteiger partial charge is 0.255 e. The van der Waals surface area contributed by atoms with Gasteiger partial charge in [-0.3, -0.25) is 4.79 Å². The molecule has 0 fully saturated rings. The topological polar surface area (TPSA) is 55.1 Å². The maximum atomic E-state index is 13.6. The summed E-state index contributed by atoms with van der Waals surface area (Å²) in [6.07, 6.45) is 0. The van der Waals surface area contributed by atoms with Crippen LogP contribution in [0.15, 0.2) is 30.3 Å². The predicted octanol–water partition coefficient (Wildman–Crippen LogP) is 3.76. The average Bonchev–Trinajstić information content (AvgIpc) is 2.36. The summed E-state index contributed by atoms with van der Waals surface area (Å²) in [5.74, 6) is -2.32. The van der Waals surface area contributed by atoms with Gasteiger partial charge in [-0.15, -0.1) is 0 Å². The SMILES string of the molecule is Cc1ccc(C(=O)Nc2c(N)cc(F)cc2F)cc1Cl. The Labute approximate surface area is 119 Å². The van der Waals surface area contributed by atoms with Crippen LogP contribution in [0.4, 0.5) is 20.2 Å². The number of benzene rings is 2. The number of nitrogens with two attached hydrogens (primary N) is 1. The molecule has 0 atom stereocenters. The molecule has 0 saturated carbocycles. The van der Waals surface area contributed by atoms with Gasteiger partial charge in [-0.2, -0.15) is 0 Å². The van der Waals surface area contributed by atoms with Gasteiger partial charge in [-0.25, -0.2) is 8.78 Å². The minimum absolute atomic E-state index is 0.186. The van der Waals surface area contributed by atoms with Crippen molar-refractivity contribution in [2.45, 2.75) is 6.92 Å². The molecule has 2 rings (SSSR count). The molecule has 3 N–H and O–H groups in total. The van der Waals surface area contributed by atoms with Gasteiger partial charge in [0.1, 0.15) is 11.5 Å². The Bertz CT molecular complexity index is 666. The highest BCUT2D eigenvalue weighted by Gasteiger charge is 2.14. The first-order valence-electron chi connectivity index (χ1n) is 5.70. The minimum atomic E-state index is -0.936. The van der Waals surface area contributed by atoms with Crippen molar-refractivity contribution < 1.29 is 13.6 Å². The number of hydrogen-bond donors (Lipinski definition) is 2. The fourth-order valence-electron chi connectivity index (χ4n) is 1.65. The van der Waals surface area contributed by atoms with Gasteiger partial charge in [0.25, 0.3) is 5.91 Å². The van der Waals surface area contributed by atoms with Crippen molar-refractivity contribution >= 4 is 28.9 Å². The number of amides is 1. The molecule has 6 heteroatoms. The van der Waals surface area contributed by atoms with Gasteiger partial charge < -0.3 is 11.1 Å². The molecule has 0 radical (unpaired) electrons. The molecule has 1 amide bonds. The molecule has 3 nitrogen and oxygen atoms in total. The third kappa shape index (κ3) is 2.88. The normalized spacial score (nSPS) is 10.4. The Morgan fingerprint density at radius 1 is 1.25 bits per heavy atom. The Morgan fingerprint density at radius 3 is 2.55 bits per heavy atom. The van der Waals surface area contributed by atoms with Gasteiger partial charge >= 0.3 is 0 Å². The van der Waals surface area contributed by atoms with E-state index in [1.54, 1.807) is 19.1 Å². The third-order valence-corrected chi connectivity index (χ3v) is 3.17. The molecule has 0 aliphatic carbocycles. The number of nitrogen functional groups attached to an aromatic ring is 1. The van der Waals surface area contributed by atoms with E-state index in [4.69, 9.17) is 17.3 Å². The van der Waals surface area contributed by atoms with Crippen LogP contribution < -0.4 is 11.1 Å². The summed E-state index contributed by atoms with van der Waals surface area (Å²) in [4.78, 5) is 12.0. The monoisotopic (exact) mass is 296 g/mol. The van der Waals surface area contributed by atoms with Crippen LogP contribution in [0.25, 0.3) is 0 Å². The first-order valence-corrected chi connectivity index (χ1v) is 6.08. The van der Waals surface area contributed by atoms with E-state index < -0.39 is 17.5 Å². The molecule has 0 aliphatic heterocycles. The van der Waals surface area contributed by atoms with Crippen molar-refractivity contribution in [3.05, 3.63) is 58.1 Å². The van der Waals surface area contributed by atoms with E-state index in [9.17, 15) is 13.6 Å². The lowest BCUT2D eigenvalue weighted by atomic mass is 10.1. The first kappa shape index (κ1) is 14.3. The lowest BCUT2D eigenvalue weighted by molar-refractivity contribution is 0.102. The lowest BCUT2D eigenvalue weighted by Gasteiger charge is -2.10. The molecule has 0 aliphatic rings. The average molecular weight is 297 g/mol. The molecule has 0 unspecified atom stereocenters. The fourth-order valence-corrected chi connectivity index (χ4v) is 1.83. The molecule has 0 aromatic heterocycles. The number of carbonyl (C=O) groups is 1. The highest BCUT2D eigenvalue weighted by molar-refractivity contribution is 6.31. The maximum absolute atomic E-state index is 13.6. The van der Waals surface area contributed by atoms with Gasteiger partial charge in [-0.1, -0.05) is 17.7 Å². The van der Waals surface area contributed by atoms with E-state index in [1.165, 1.54) is 6.07 Å². The van der Waals surface area contributed by atoms with Gasteiger partial charge in [0.2, 0.25) is 0 Å². The third-order valence-electron chi connectivity index (χ3n) is 2.76. The van der Waals surface area contributed by atoms with Crippen LogP contribution in [0.2, 0.25) is 5.02 Å². The van der Waals surface area contributed by atoms with E-state index >= 15 is 0 Å². The summed E-state index contributed by atoms with van der Waals surface area (Å²) in [5, 5.41) is 2.73. The Balaban J connectivity index is 2.30. The number of nitrogens with one attached hydrogen (secondary N) is 1. The summed E-state index contributed by atoms with van der Waals surface area (Å²) >= 11 is 5.92. The summed E-state index contributed by atoms with van der Waals surface area (Å²) < 4.78 is 26.5. The van der Waals surface area contributed by atoms with Crippen molar-refractivity contribution in [2.24, 2.45) is 0 Å². The highest BCUT2D eigenvalue weighted by atomic mass is 35.5.